The van der Waals surface area contributed by atoms with Gasteiger partial charge in [-0.15, -0.1) is 0 Å². The van der Waals surface area contributed by atoms with E-state index < -0.39 is 6.04 Å². The quantitative estimate of drug-likeness (QED) is 0.765. The number of nitrogens with two attached hydrogens (primary N) is 1. The fourth-order valence-corrected chi connectivity index (χ4v) is 3.55. The van der Waals surface area contributed by atoms with E-state index in [0.717, 1.165) is 24.2 Å². The van der Waals surface area contributed by atoms with Crippen molar-refractivity contribution in [2.45, 2.75) is 18.5 Å². The Morgan fingerprint density at radius 2 is 1.89 bits per heavy atom. The number of nitrogens with zero attached hydrogens (tertiary/aromatic N) is 1. The SMILES string of the molecule is NC(Cc1ccccc1)C(=O)NCC(c1cccc(Cl)c1)N1CCOCC1. The van der Waals surface area contributed by atoms with Crippen LogP contribution in [0.15, 0.2) is 54.6 Å². The molecule has 0 bridgehead atoms. The molecule has 27 heavy (non-hydrogen) atoms. The van der Waals surface area contributed by atoms with Crippen molar-refractivity contribution in [1.29, 1.82) is 0 Å². The van der Waals surface area contributed by atoms with Gasteiger partial charge in [0.05, 0.1) is 25.3 Å². The largest absolute Gasteiger partial charge is 0.379 e. The molecule has 144 valence electrons. The lowest BCUT2D eigenvalue weighted by molar-refractivity contribution is -0.122. The molecule has 1 heterocycles. The highest BCUT2D eigenvalue weighted by atomic mass is 35.5. The summed E-state index contributed by atoms with van der Waals surface area (Å²) in [7, 11) is 0. The Morgan fingerprint density at radius 3 is 2.59 bits per heavy atom. The fourth-order valence-electron chi connectivity index (χ4n) is 3.35. The Hall–Kier alpha value is -1.92. The molecule has 1 amide bonds. The number of carbonyl (C=O) groups excluding carboxylic acids is 1. The number of hydrogen-bond donors (Lipinski definition) is 2. The minimum absolute atomic E-state index is 0.0421. The van der Waals surface area contributed by atoms with Crippen molar-refractivity contribution in [3.63, 3.8) is 0 Å². The van der Waals surface area contributed by atoms with Gasteiger partial charge in [-0.3, -0.25) is 9.69 Å². The second-order valence-corrected chi connectivity index (χ2v) is 7.20. The van der Waals surface area contributed by atoms with E-state index in [-0.39, 0.29) is 11.9 Å². The van der Waals surface area contributed by atoms with E-state index in [0.29, 0.717) is 31.2 Å². The van der Waals surface area contributed by atoms with Crippen molar-refractivity contribution in [1.82, 2.24) is 10.2 Å². The first-order chi connectivity index (χ1) is 13.1. The predicted octanol–water partition coefficient (Wildman–Crippen LogP) is 2.40. The molecule has 5 nitrogen and oxygen atoms in total. The third-order valence-corrected chi connectivity index (χ3v) is 5.06. The van der Waals surface area contributed by atoms with Gasteiger partial charge in [0.15, 0.2) is 0 Å². The Kier molecular flexibility index (Phi) is 7.24. The van der Waals surface area contributed by atoms with Crippen molar-refractivity contribution >= 4 is 17.5 Å². The summed E-state index contributed by atoms with van der Waals surface area (Å²) >= 11 is 6.18. The van der Waals surface area contributed by atoms with Crippen LogP contribution in [0.25, 0.3) is 0 Å². The number of benzene rings is 2. The molecule has 0 aromatic heterocycles. The van der Waals surface area contributed by atoms with Crippen LogP contribution in [0.2, 0.25) is 5.02 Å². The minimum Gasteiger partial charge on any atom is -0.379 e. The topological polar surface area (TPSA) is 67.6 Å². The van der Waals surface area contributed by atoms with E-state index >= 15 is 0 Å². The van der Waals surface area contributed by atoms with Gasteiger partial charge in [-0.05, 0) is 29.7 Å². The standard InChI is InChI=1S/C21H26ClN3O2/c22-18-8-4-7-17(14-18)20(25-9-11-27-12-10-25)15-24-21(26)19(23)13-16-5-2-1-3-6-16/h1-8,14,19-20H,9-13,15,23H2,(H,24,26). The van der Waals surface area contributed by atoms with E-state index in [9.17, 15) is 4.79 Å². The van der Waals surface area contributed by atoms with E-state index in [1.807, 2.05) is 54.6 Å². The molecule has 3 rings (SSSR count). The maximum Gasteiger partial charge on any atom is 0.237 e. The Bertz CT molecular complexity index is 735. The summed E-state index contributed by atoms with van der Waals surface area (Å²) in [5, 5.41) is 3.72. The molecule has 1 fully saturated rings. The first kappa shape index (κ1) is 19.8. The summed E-state index contributed by atoms with van der Waals surface area (Å²) in [6.45, 7) is 3.52. The van der Waals surface area contributed by atoms with Gasteiger partial charge in [0.25, 0.3) is 0 Å². The average molecular weight is 388 g/mol. The Morgan fingerprint density at radius 1 is 1.15 bits per heavy atom. The van der Waals surface area contributed by atoms with Crippen molar-refractivity contribution in [2.75, 3.05) is 32.8 Å². The molecule has 0 aliphatic carbocycles. The number of halogens is 1. The van der Waals surface area contributed by atoms with Crippen LogP contribution in [0.4, 0.5) is 0 Å². The highest BCUT2D eigenvalue weighted by Gasteiger charge is 2.24. The maximum atomic E-state index is 12.5. The van der Waals surface area contributed by atoms with Crippen molar-refractivity contribution < 1.29 is 9.53 Å². The number of ether oxygens (including phenoxy) is 1. The molecule has 2 aromatic carbocycles. The van der Waals surface area contributed by atoms with Crippen LogP contribution in [0, 0.1) is 0 Å². The molecule has 1 aliphatic rings. The molecule has 0 spiro atoms. The Labute approximate surface area is 165 Å². The summed E-state index contributed by atoms with van der Waals surface area (Å²) in [6, 6.07) is 17.1. The van der Waals surface area contributed by atoms with Crippen LogP contribution < -0.4 is 11.1 Å². The molecule has 2 unspecified atom stereocenters. The zero-order valence-corrected chi connectivity index (χ0v) is 16.1. The number of morpholine rings is 1. The molecule has 2 atom stereocenters. The van der Waals surface area contributed by atoms with Crippen molar-refractivity contribution in [3.05, 3.63) is 70.7 Å². The van der Waals surface area contributed by atoms with Crippen LogP contribution >= 0.6 is 11.6 Å². The summed E-state index contributed by atoms with van der Waals surface area (Å²) in [6.07, 6.45) is 0.520. The van der Waals surface area contributed by atoms with Crippen LogP contribution in [0.1, 0.15) is 17.2 Å². The molecular formula is C21H26ClN3O2. The fraction of sp³-hybridized carbons (Fsp3) is 0.381. The molecule has 2 aromatic rings. The van der Waals surface area contributed by atoms with E-state index in [4.69, 9.17) is 22.1 Å². The van der Waals surface area contributed by atoms with Crippen LogP contribution in [-0.4, -0.2) is 49.7 Å². The van der Waals surface area contributed by atoms with Gasteiger partial charge in [-0.2, -0.15) is 0 Å². The van der Waals surface area contributed by atoms with E-state index in [1.54, 1.807) is 0 Å². The van der Waals surface area contributed by atoms with Crippen molar-refractivity contribution in [3.8, 4) is 0 Å². The molecule has 1 aliphatic heterocycles. The van der Waals surface area contributed by atoms with E-state index in [2.05, 4.69) is 10.2 Å². The zero-order chi connectivity index (χ0) is 19.1. The molecule has 1 saturated heterocycles. The molecule has 0 radical (unpaired) electrons. The maximum absolute atomic E-state index is 12.5. The molecule has 0 saturated carbocycles. The van der Waals surface area contributed by atoms with Gasteiger partial charge in [-0.25, -0.2) is 0 Å². The lowest BCUT2D eigenvalue weighted by Gasteiger charge is -2.35. The minimum atomic E-state index is -0.572. The highest BCUT2D eigenvalue weighted by Crippen LogP contribution is 2.24. The molecule has 3 N–H and O–H groups in total. The van der Waals surface area contributed by atoms with Gasteiger partial charge >= 0.3 is 0 Å². The predicted molar refractivity (Wildman–Crippen MR) is 108 cm³/mol. The van der Waals surface area contributed by atoms with Crippen LogP contribution in [-0.2, 0) is 16.0 Å². The second kappa shape index (κ2) is 9.85. The third-order valence-electron chi connectivity index (χ3n) is 4.82. The zero-order valence-electron chi connectivity index (χ0n) is 15.3. The first-order valence-corrected chi connectivity index (χ1v) is 9.66. The summed E-state index contributed by atoms with van der Waals surface area (Å²) in [5.41, 5.74) is 8.25. The molecule has 6 heteroatoms. The summed E-state index contributed by atoms with van der Waals surface area (Å²) in [4.78, 5) is 14.8. The Balaban J connectivity index is 1.64. The smallest absolute Gasteiger partial charge is 0.237 e. The number of carbonyl (C=O) groups is 1. The van der Waals surface area contributed by atoms with Crippen LogP contribution in [0.3, 0.4) is 0 Å². The first-order valence-electron chi connectivity index (χ1n) is 9.28. The highest BCUT2D eigenvalue weighted by molar-refractivity contribution is 6.30. The number of rotatable bonds is 7. The third kappa shape index (κ3) is 5.78. The molecular weight excluding hydrogens is 362 g/mol. The van der Waals surface area contributed by atoms with Gasteiger partial charge in [0.1, 0.15) is 0 Å². The monoisotopic (exact) mass is 387 g/mol. The van der Waals surface area contributed by atoms with Gasteiger partial charge in [0.2, 0.25) is 5.91 Å². The van der Waals surface area contributed by atoms with Gasteiger partial charge < -0.3 is 15.8 Å². The lowest BCUT2D eigenvalue weighted by atomic mass is 10.0. The number of nitrogens with one attached hydrogen (secondary N) is 1. The van der Waals surface area contributed by atoms with Crippen molar-refractivity contribution in [2.24, 2.45) is 5.73 Å². The second-order valence-electron chi connectivity index (χ2n) is 6.76. The van der Waals surface area contributed by atoms with Gasteiger partial charge in [0, 0.05) is 24.7 Å². The average Bonchev–Trinajstić information content (AvgIpc) is 2.69. The summed E-state index contributed by atoms with van der Waals surface area (Å²) < 4.78 is 5.46. The number of amides is 1. The summed E-state index contributed by atoms with van der Waals surface area (Å²) in [5.74, 6) is -0.140. The van der Waals surface area contributed by atoms with Crippen LogP contribution in [0.5, 0.6) is 0 Å². The van der Waals surface area contributed by atoms with Gasteiger partial charge in [-0.1, -0.05) is 54.1 Å². The normalized spacial score (nSPS) is 17.3. The number of hydrogen-bond acceptors (Lipinski definition) is 4. The van der Waals surface area contributed by atoms with E-state index in [1.165, 1.54) is 0 Å². The lowest BCUT2D eigenvalue weighted by Crippen LogP contribution is -2.47.